The van der Waals surface area contributed by atoms with Crippen molar-refractivity contribution in [1.29, 1.82) is 0 Å². The van der Waals surface area contributed by atoms with Crippen molar-refractivity contribution in [2.75, 3.05) is 26.2 Å². The maximum atomic E-state index is 14.6. The van der Waals surface area contributed by atoms with E-state index >= 15 is 0 Å². The molecule has 2 heterocycles. The van der Waals surface area contributed by atoms with E-state index in [0.717, 1.165) is 12.5 Å². The van der Waals surface area contributed by atoms with Crippen molar-refractivity contribution in [3.05, 3.63) is 53.9 Å². The number of hydrogen-bond acceptors (Lipinski definition) is 4. The number of amides is 1. The first kappa shape index (κ1) is 20.1. The summed E-state index contributed by atoms with van der Waals surface area (Å²) in [5, 5.41) is 3.21. The third kappa shape index (κ3) is 4.81. The van der Waals surface area contributed by atoms with E-state index < -0.39 is 24.3 Å². The molecule has 0 radical (unpaired) electrons. The molecule has 1 aromatic heterocycles. The van der Waals surface area contributed by atoms with Crippen LogP contribution in [0, 0.1) is 11.6 Å². The Bertz CT molecular complexity index is 783. The summed E-state index contributed by atoms with van der Waals surface area (Å²) in [6.07, 6.45) is 3.95. The molecule has 1 aliphatic heterocycles. The van der Waals surface area contributed by atoms with Crippen molar-refractivity contribution >= 4 is 6.09 Å². The minimum absolute atomic E-state index is 0.0132. The normalized spacial score (nSPS) is 16.8. The van der Waals surface area contributed by atoms with E-state index in [1.807, 2.05) is 36.0 Å². The fourth-order valence-corrected chi connectivity index (χ4v) is 3.18. The Hall–Kier alpha value is -2.61. The number of benzene rings is 1. The Morgan fingerprint density at radius 1 is 1.29 bits per heavy atom. The highest BCUT2D eigenvalue weighted by Gasteiger charge is 2.27. The summed E-state index contributed by atoms with van der Waals surface area (Å²) >= 11 is 0. The Labute approximate surface area is 163 Å². The Morgan fingerprint density at radius 3 is 2.82 bits per heavy atom. The van der Waals surface area contributed by atoms with Gasteiger partial charge in [0.25, 0.3) is 0 Å². The average molecular weight is 393 g/mol. The molecule has 6 nitrogen and oxygen atoms in total. The van der Waals surface area contributed by atoms with Gasteiger partial charge in [-0.1, -0.05) is 6.92 Å². The zero-order valence-corrected chi connectivity index (χ0v) is 15.9. The molecule has 28 heavy (non-hydrogen) atoms. The molecule has 1 aromatic carbocycles. The number of ether oxygens (including phenoxy) is 2. The van der Waals surface area contributed by atoms with Crippen LogP contribution < -0.4 is 10.1 Å². The number of carbonyl (C=O) groups is 1. The topological polar surface area (TPSA) is 55.7 Å². The van der Waals surface area contributed by atoms with Crippen LogP contribution in [-0.2, 0) is 17.9 Å². The number of hydrogen-bond donors (Lipinski definition) is 1. The quantitative estimate of drug-likeness (QED) is 0.785. The molecule has 152 valence electrons. The minimum Gasteiger partial charge on any atom is -0.489 e. The van der Waals surface area contributed by atoms with Crippen LogP contribution in [0.1, 0.15) is 18.9 Å². The second-order valence-corrected chi connectivity index (χ2v) is 6.62. The van der Waals surface area contributed by atoms with Gasteiger partial charge in [0.1, 0.15) is 19.0 Å². The van der Waals surface area contributed by atoms with E-state index in [1.54, 1.807) is 4.90 Å². The van der Waals surface area contributed by atoms with Crippen molar-refractivity contribution < 1.29 is 23.0 Å². The predicted octanol–water partition coefficient (Wildman–Crippen LogP) is 3.17. The van der Waals surface area contributed by atoms with Crippen LogP contribution in [0.15, 0.2) is 36.7 Å². The number of nitrogens with one attached hydrogen (secondary N) is 1. The van der Waals surface area contributed by atoms with Gasteiger partial charge in [0, 0.05) is 38.1 Å². The number of carbonyl (C=O) groups excluding carboxylic acids is 1. The molecule has 2 aromatic rings. The second-order valence-electron chi connectivity index (χ2n) is 6.62. The molecule has 0 bridgehead atoms. The second kappa shape index (κ2) is 9.54. The van der Waals surface area contributed by atoms with Crippen LogP contribution >= 0.6 is 0 Å². The number of rotatable bonds is 7. The molecule has 1 atom stereocenters. The van der Waals surface area contributed by atoms with Crippen molar-refractivity contribution in [2.45, 2.75) is 32.5 Å². The first-order valence-corrected chi connectivity index (χ1v) is 9.44. The van der Waals surface area contributed by atoms with E-state index in [-0.39, 0.29) is 24.0 Å². The molecule has 1 N–H and O–H groups in total. The van der Waals surface area contributed by atoms with Gasteiger partial charge < -0.3 is 24.3 Å². The number of halogens is 2. The molecule has 0 saturated carbocycles. The molecular formula is C20H25F2N3O3. The highest BCUT2D eigenvalue weighted by molar-refractivity contribution is 5.68. The number of piperazine rings is 1. The van der Waals surface area contributed by atoms with Crippen molar-refractivity contribution in [3.8, 4) is 5.75 Å². The first-order valence-electron chi connectivity index (χ1n) is 9.44. The van der Waals surface area contributed by atoms with Gasteiger partial charge in [-0.05, 0) is 30.7 Å². The van der Waals surface area contributed by atoms with Crippen LogP contribution in [-0.4, -0.2) is 47.8 Å². The SMILES string of the molecule is CCC1CNCCN1C(=O)OCc1c(F)ccc(OCCn2cccc2)c1F. The summed E-state index contributed by atoms with van der Waals surface area (Å²) in [6.45, 7) is 4.12. The third-order valence-electron chi connectivity index (χ3n) is 4.82. The third-order valence-corrected chi connectivity index (χ3v) is 4.82. The molecule has 1 unspecified atom stereocenters. The van der Waals surface area contributed by atoms with Gasteiger partial charge in [0.15, 0.2) is 11.6 Å². The van der Waals surface area contributed by atoms with Gasteiger partial charge in [-0.15, -0.1) is 0 Å². The lowest BCUT2D eigenvalue weighted by Crippen LogP contribution is -2.53. The Morgan fingerprint density at radius 2 is 2.07 bits per heavy atom. The van der Waals surface area contributed by atoms with E-state index in [2.05, 4.69) is 5.32 Å². The highest BCUT2D eigenvalue weighted by Crippen LogP contribution is 2.24. The molecule has 1 fully saturated rings. The number of nitrogens with zero attached hydrogens (tertiary/aromatic N) is 2. The summed E-state index contributed by atoms with van der Waals surface area (Å²) in [4.78, 5) is 13.9. The van der Waals surface area contributed by atoms with Gasteiger partial charge in [0.2, 0.25) is 0 Å². The summed E-state index contributed by atoms with van der Waals surface area (Å²) < 4.78 is 41.3. The van der Waals surface area contributed by atoms with Gasteiger partial charge in [-0.25, -0.2) is 13.6 Å². The maximum Gasteiger partial charge on any atom is 0.410 e. The van der Waals surface area contributed by atoms with Gasteiger partial charge in [0.05, 0.1) is 12.1 Å². The van der Waals surface area contributed by atoms with Crippen molar-refractivity contribution in [2.24, 2.45) is 0 Å². The van der Waals surface area contributed by atoms with Crippen LogP contribution in [0.3, 0.4) is 0 Å². The van der Waals surface area contributed by atoms with Crippen molar-refractivity contribution in [1.82, 2.24) is 14.8 Å². The molecule has 1 aliphatic rings. The summed E-state index contributed by atoms with van der Waals surface area (Å²) in [6, 6.07) is 6.14. The molecule has 0 aliphatic carbocycles. The summed E-state index contributed by atoms with van der Waals surface area (Å²) in [5.41, 5.74) is -0.310. The Kier molecular flexibility index (Phi) is 6.86. The first-order chi connectivity index (χ1) is 13.6. The molecule has 8 heteroatoms. The summed E-state index contributed by atoms with van der Waals surface area (Å²) in [5.74, 6) is -1.67. The van der Waals surface area contributed by atoms with Crippen molar-refractivity contribution in [3.63, 3.8) is 0 Å². The van der Waals surface area contributed by atoms with Crippen LogP contribution in [0.25, 0.3) is 0 Å². The lowest BCUT2D eigenvalue weighted by molar-refractivity contribution is 0.0697. The number of aromatic nitrogens is 1. The smallest absolute Gasteiger partial charge is 0.410 e. The lowest BCUT2D eigenvalue weighted by atomic mass is 10.1. The minimum atomic E-state index is -0.840. The van der Waals surface area contributed by atoms with E-state index in [4.69, 9.17) is 9.47 Å². The van der Waals surface area contributed by atoms with Gasteiger partial charge >= 0.3 is 6.09 Å². The van der Waals surface area contributed by atoms with E-state index in [0.29, 0.717) is 26.2 Å². The maximum absolute atomic E-state index is 14.6. The zero-order valence-electron chi connectivity index (χ0n) is 15.9. The van der Waals surface area contributed by atoms with Crippen LogP contribution in [0.2, 0.25) is 0 Å². The highest BCUT2D eigenvalue weighted by atomic mass is 19.1. The lowest BCUT2D eigenvalue weighted by Gasteiger charge is -2.34. The molecule has 1 saturated heterocycles. The largest absolute Gasteiger partial charge is 0.489 e. The molecule has 0 spiro atoms. The van der Waals surface area contributed by atoms with Gasteiger partial charge in [-0.3, -0.25) is 0 Å². The van der Waals surface area contributed by atoms with E-state index in [9.17, 15) is 13.6 Å². The van der Waals surface area contributed by atoms with Gasteiger partial charge in [-0.2, -0.15) is 0 Å². The monoisotopic (exact) mass is 393 g/mol. The zero-order chi connectivity index (χ0) is 19.9. The van der Waals surface area contributed by atoms with Crippen LogP contribution in [0.4, 0.5) is 13.6 Å². The fraction of sp³-hybridized carbons (Fsp3) is 0.450. The Balaban J connectivity index is 1.60. The molecule has 3 rings (SSSR count). The fourth-order valence-electron chi connectivity index (χ4n) is 3.18. The molecule has 1 amide bonds. The standard InChI is InChI=1S/C20H25F2N3O3/c1-2-15-13-23-7-10-25(15)20(26)28-14-16-17(21)5-6-18(19(16)22)27-12-11-24-8-3-4-9-24/h3-6,8-9,15,23H,2,7,10-14H2,1H3. The van der Waals surface area contributed by atoms with Crippen LogP contribution in [0.5, 0.6) is 5.75 Å². The average Bonchev–Trinajstić information content (AvgIpc) is 3.23. The predicted molar refractivity (Wildman–Crippen MR) is 100 cm³/mol. The summed E-state index contributed by atoms with van der Waals surface area (Å²) in [7, 11) is 0. The molecular weight excluding hydrogens is 368 g/mol. The van der Waals surface area contributed by atoms with E-state index in [1.165, 1.54) is 6.07 Å².